The molecular formula is C13H26N2O. The summed E-state index contributed by atoms with van der Waals surface area (Å²) < 4.78 is 0. The first kappa shape index (κ1) is 13.5. The lowest BCUT2D eigenvalue weighted by Crippen LogP contribution is -2.37. The zero-order chi connectivity index (χ0) is 12.0. The van der Waals surface area contributed by atoms with Gasteiger partial charge in [0.1, 0.15) is 0 Å². The first-order valence-electron chi connectivity index (χ1n) is 6.62. The number of amides is 1. The van der Waals surface area contributed by atoms with Crippen LogP contribution in [0.4, 0.5) is 0 Å². The Morgan fingerprint density at radius 1 is 1.25 bits per heavy atom. The summed E-state index contributed by atoms with van der Waals surface area (Å²) in [5.41, 5.74) is 0. The van der Waals surface area contributed by atoms with E-state index >= 15 is 0 Å². The second kappa shape index (κ2) is 6.89. The summed E-state index contributed by atoms with van der Waals surface area (Å²) in [7, 11) is 0. The van der Waals surface area contributed by atoms with Crippen molar-refractivity contribution in [1.29, 1.82) is 0 Å². The van der Waals surface area contributed by atoms with E-state index in [1.54, 1.807) is 0 Å². The van der Waals surface area contributed by atoms with Crippen molar-refractivity contribution in [2.75, 3.05) is 6.54 Å². The maximum atomic E-state index is 11.6. The van der Waals surface area contributed by atoms with Gasteiger partial charge in [-0.15, -0.1) is 0 Å². The van der Waals surface area contributed by atoms with E-state index in [4.69, 9.17) is 0 Å². The SMILES string of the molecule is CC(C)C(C)NCCC(=O)NC1CCCC1. The van der Waals surface area contributed by atoms with Gasteiger partial charge in [-0.25, -0.2) is 0 Å². The second-order valence-electron chi connectivity index (χ2n) is 5.29. The minimum atomic E-state index is 0.204. The third kappa shape index (κ3) is 4.97. The fourth-order valence-corrected chi connectivity index (χ4v) is 2.02. The minimum Gasteiger partial charge on any atom is -0.353 e. The van der Waals surface area contributed by atoms with Crippen molar-refractivity contribution >= 4 is 5.91 Å². The van der Waals surface area contributed by atoms with Gasteiger partial charge in [0.2, 0.25) is 5.91 Å². The van der Waals surface area contributed by atoms with Crippen LogP contribution in [0.3, 0.4) is 0 Å². The summed E-state index contributed by atoms with van der Waals surface area (Å²) in [5, 5.41) is 6.48. The quantitative estimate of drug-likeness (QED) is 0.728. The second-order valence-corrected chi connectivity index (χ2v) is 5.29. The summed E-state index contributed by atoms with van der Waals surface area (Å²) in [4.78, 5) is 11.6. The van der Waals surface area contributed by atoms with Gasteiger partial charge in [0.15, 0.2) is 0 Å². The third-order valence-corrected chi connectivity index (χ3v) is 3.54. The van der Waals surface area contributed by atoms with Crippen LogP contribution in [0, 0.1) is 5.92 Å². The number of nitrogens with one attached hydrogen (secondary N) is 2. The van der Waals surface area contributed by atoms with E-state index in [9.17, 15) is 4.79 Å². The van der Waals surface area contributed by atoms with Gasteiger partial charge in [-0.1, -0.05) is 26.7 Å². The standard InChI is InChI=1S/C13H26N2O/c1-10(2)11(3)14-9-8-13(16)15-12-6-4-5-7-12/h10-12,14H,4-9H2,1-3H3,(H,15,16). The summed E-state index contributed by atoms with van der Waals surface area (Å²) in [6.07, 6.45) is 5.48. The molecule has 1 rings (SSSR count). The van der Waals surface area contributed by atoms with Gasteiger partial charge in [-0.3, -0.25) is 4.79 Å². The van der Waals surface area contributed by atoms with Crippen LogP contribution in [0.1, 0.15) is 52.9 Å². The minimum absolute atomic E-state index is 0.204. The van der Waals surface area contributed by atoms with E-state index in [0.717, 1.165) is 6.54 Å². The molecule has 16 heavy (non-hydrogen) atoms. The highest BCUT2D eigenvalue weighted by Crippen LogP contribution is 2.17. The van der Waals surface area contributed by atoms with Crippen LogP contribution < -0.4 is 10.6 Å². The largest absolute Gasteiger partial charge is 0.353 e. The lowest BCUT2D eigenvalue weighted by atomic mass is 10.1. The van der Waals surface area contributed by atoms with Crippen molar-refractivity contribution in [2.24, 2.45) is 5.92 Å². The molecule has 1 aliphatic carbocycles. The number of rotatable bonds is 6. The predicted octanol–water partition coefficient (Wildman–Crippen LogP) is 2.07. The van der Waals surface area contributed by atoms with Gasteiger partial charge >= 0.3 is 0 Å². The number of hydrogen-bond acceptors (Lipinski definition) is 2. The number of carbonyl (C=O) groups is 1. The fraction of sp³-hybridized carbons (Fsp3) is 0.923. The van der Waals surface area contributed by atoms with Crippen molar-refractivity contribution in [3.63, 3.8) is 0 Å². The molecule has 0 radical (unpaired) electrons. The highest BCUT2D eigenvalue weighted by Gasteiger charge is 2.16. The van der Waals surface area contributed by atoms with Gasteiger partial charge in [-0.05, 0) is 25.7 Å². The molecule has 0 aromatic heterocycles. The Kier molecular flexibility index (Phi) is 5.81. The summed E-state index contributed by atoms with van der Waals surface area (Å²) >= 11 is 0. The molecule has 3 heteroatoms. The van der Waals surface area contributed by atoms with Crippen LogP contribution in [-0.2, 0) is 4.79 Å². The van der Waals surface area contributed by atoms with Gasteiger partial charge in [0.25, 0.3) is 0 Å². The molecule has 0 bridgehead atoms. The Labute approximate surface area is 99.4 Å². The molecule has 94 valence electrons. The molecule has 1 aliphatic rings. The molecule has 0 spiro atoms. The van der Waals surface area contributed by atoms with Gasteiger partial charge in [0.05, 0.1) is 0 Å². The number of carbonyl (C=O) groups excluding carboxylic acids is 1. The zero-order valence-corrected chi connectivity index (χ0v) is 10.9. The van der Waals surface area contributed by atoms with Crippen LogP contribution in [0.15, 0.2) is 0 Å². The molecule has 3 nitrogen and oxygen atoms in total. The van der Waals surface area contributed by atoms with Crippen molar-refractivity contribution in [3.8, 4) is 0 Å². The molecular weight excluding hydrogens is 200 g/mol. The molecule has 0 aliphatic heterocycles. The first-order valence-corrected chi connectivity index (χ1v) is 6.62. The number of hydrogen-bond donors (Lipinski definition) is 2. The Morgan fingerprint density at radius 3 is 2.44 bits per heavy atom. The summed E-state index contributed by atoms with van der Waals surface area (Å²) in [6, 6.07) is 0.939. The van der Waals surface area contributed by atoms with Crippen molar-refractivity contribution in [3.05, 3.63) is 0 Å². The molecule has 1 atom stereocenters. The Hall–Kier alpha value is -0.570. The molecule has 2 N–H and O–H groups in total. The molecule has 0 aromatic rings. The molecule has 1 fully saturated rings. The zero-order valence-electron chi connectivity index (χ0n) is 10.9. The van der Waals surface area contributed by atoms with Crippen LogP contribution >= 0.6 is 0 Å². The summed E-state index contributed by atoms with van der Waals surface area (Å²) in [5.74, 6) is 0.827. The Morgan fingerprint density at radius 2 is 1.88 bits per heavy atom. The molecule has 1 saturated carbocycles. The maximum absolute atomic E-state index is 11.6. The Bertz CT molecular complexity index is 210. The van der Waals surface area contributed by atoms with Crippen LogP contribution in [0.5, 0.6) is 0 Å². The average Bonchev–Trinajstić information content (AvgIpc) is 2.70. The van der Waals surface area contributed by atoms with E-state index in [1.807, 2.05) is 0 Å². The average molecular weight is 226 g/mol. The lowest BCUT2D eigenvalue weighted by molar-refractivity contribution is -0.121. The van der Waals surface area contributed by atoms with Crippen molar-refractivity contribution < 1.29 is 4.79 Å². The third-order valence-electron chi connectivity index (χ3n) is 3.54. The molecule has 0 heterocycles. The molecule has 0 aromatic carbocycles. The van der Waals surface area contributed by atoms with Crippen molar-refractivity contribution in [2.45, 2.75) is 65.0 Å². The summed E-state index contributed by atoms with van der Waals surface area (Å²) in [6.45, 7) is 7.34. The smallest absolute Gasteiger partial charge is 0.221 e. The monoisotopic (exact) mass is 226 g/mol. The normalized spacial score (nSPS) is 19.0. The van der Waals surface area contributed by atoms with Crippen LogP contribution in [0.2, 0.25) is 0 Å². The van der Waals surface area contributed by atoms with E-state index in [1.165, 1.54) is 25.7 Å². The lowest BCUT2D eigenvalue weighted by Gasteiger charge is -2.17. The van der Waals surface area contributed by atoms with Crippen LogP contribution in [0.25, 0.3) is 0 Å². The highest BCUT2D eigenvalue weighted by atomic mass is 16.1. The van der Waals surface area contributed by atoms with E-state index < -0.39 is 0 Å². The maximum Gasteiger partial charge on any atom is 0.221 e. The van der Waals surface area contributed by atoms with E-state index in [0.29, 0.717) is 24.4 Å². The Balaban J connectivity index is 2.05. The fourth-order valence-electron chi connectivity index (χ4n) is 2.02. The predicted molar refractivity (Wildman–Crippen MR) is 67.3 cm³/mol. The molecule has 0 saturated heterocycles. The van der Waals surface area contributed by atoms with Crippen LogP contribution in [-0.4, -0.2) is 24.5 Å². The molecule has 1 amide bonds. The van der Waals surface area contributed by atoms with Gasteiger partial charge in [0, 0.05) is 25.0 Å². The van der Waals surface area contributed by atoms with Gasteiger partial charge in [-0.2, -0.15) is 0 Å². The first-order chi connectivity index (χ1) is 7.59. The van der Waals surface area contributed by atoms with Crippen molar-refractivity contribution in [1.82, 2.24) is 10.6 Å². The van der Waals surface area contributed by atoms with Gasteiger partial charge < -0.3 is 10.6 Å². The van der Waals surface area contributed by atoms with E-state index in [2.05, 4.69) is 31.4 Å². The topological polar surface area (TPSA) is 41.1 Å². The molecule has 1 unspecified atom stereocenters. The highest BCUT2D eigenvalue weighted by molar-refractivity contribution is 5.76. The van der Waals surface area contributed by atoms with E-state index in [-0.39, 0.29) is 5.91 Å².